The second-order valence-electron chi connectivity index (χ2n) is 8.36. The first-order valence-corrected chi connectivity index (χ1v) is 11.1. The summed E-state index contributed by atoms with van der Waals surface area (Å²) in [5.41, 5.74) is 6.63. The van der Waals surface area contributed by atoms with Crippen LogP contribution in [0.5, 0.6) is 0 Å². The van der Waals surface area contributed by atoms with Crippen LogP contribution in [0.25, 0.3) is 27.8 Å². The van der Waals surface area contributed by atoms with Crippen molar-refractivity contribution in [3.63, 3.8) is 0 Å². The Balaban J connectivity index is 1.34. The van der Waals surface area contributed by atoms with Gasteiger partial charge in [0.15, 0.2) is 0 Å². The van der Waals surface area contributed by atoms with Crippen molar-refractivity contribution in [3.8, 4) is 16.8 Å². The van der Waals surface area contributed by atoms with Gasteiger partial charge < -0.3 is 0 Å². The lowest BCUT2D eigenvalue weighted by atomic mass is 10.1. The standard InChI is InChI=1S/C28H20N4O2/c1-18(32-27(33)23-9-2-3-10-24(23)28(32)34)19-11-12-26-25(15-19)30-17-31(26)22-8-4-6-20(14-22)21-7-5-13-29-16-21/h2-18H,1H3. The molecule has 0 fully saturated rings. The average molecular weight is 444 g/mol. The zero-order valence-electron chi connectivity index (χ0n) is 18.4. The molecule has 1 aliphatic rings. The number of fused-ring (bicyclic) bond motifs is 2. The summed E-state index contributed by atoms with van der Waals surface area (Å²) in [5, 5.41) is 0. The quantitative estimate of drug-likeness (QED) is 0.346. The Labute approximate surface area is 196 Å². The highest BCUT2D eigenvalue weighted by Gasteiger charge is 2.38. The lowest BCUT2D eigenvalue weighted by molar-refractivity contribution is 0.0595. The average Bonchev–Trinajstić information content (AvgIpc) is 3.43. The number of nitrogens with zero attached hydrogens (tertiary/aromatic N) is 4. The van der Waals surface area contributed by atoms with E-state index in [2.05, 4.69) is 22.1 Å². The Morgan fingerprint density at radius 3 is 2.29 bits per heavy atom. The minimum Gasteiger partial charge on any atom is -0.299 e. The molecular weight excluding hydrogens is 424 g/mol. The Hall–Kier alpha value is -4.58. The fourth-order valence-corrected chi connectivity index (χ4v) is 4.57. The van der Waals surface area contributed by atoms with E-state index in [1.807, 2.05) is 60.2 Å². The van der Waals surface area contributed by atoms with E-state index in [1.165, 1.54) is 4.90 Å². The number of benzene rings is 3. The van der Waals surface area contributed by atoms with Gasteiger partial charge in [-0.2, -0.15) is 0 Å². The molecule has 1 atom stereocenters. The topological polar surface area (TPSA) is 68.1 Å². The molecule has 2 amide bonds. The second-order valence-corrected chi connectivity index (χ2v) is 8.36. The van der Waals surface area contributed by atoms with Crippen LogP contribution in [0, 0.1) is 0 Å². The number of hydrogen-bond donors (Lipinski definition) is 0. The van der Waals surface area contributed by atoms with Crippen LogP contribution in [0.1, 0.15) is 39.2 Å². The van der Waals surface area contributed by atoms with E-state index >= 15 is 0 Å². The summed E-state index contributed by atoms with van der Waals surface area (Å²) in [4.78, 5) is 36.0. The van der Waals surface area contributed by atoms with Crippen molar-refractivity contribution in [2.45, 2.75) is 13.0 Å². The van der Waals surface area contributed by atoms with E-state index < -0.39 is 6.04 Å². The second kappa shape index (κ2) is 7.78. The molecule has 0 spiro atoms. The van der Waals surface area contributed by atoms with E-state index in [9.17, 15) is 9.59 Å². The molecule has 3 aromatic carbocycles. The Morgan fingerprint density at radius 2 is 1.56 bits per heavy atom. The van der Waals surface area contributed by atoms with Gasteiger partial charge in [0.25, 0.3) is 11.8 Å². The van der Waals surface area contributed by atoms with Gasteiger partial charge in [-0.15, -0.1) is 0 Å². The molecule has 0 N–H and O–H groups in total. The largest absolute Gasteiger partial charge is 0.299 e. The molecule has 34 heavy (non-hydrogen) atoms. The number of aromatic nitrogens is 3. The number of rotatable bonds is 4. The molecule has 1 unspecified atom stereocenters. The minimum absolute atomic E-state index is 0.258. The van der Waals surface area contributed by atoms with Gasteiger partial charge in [-0.1, -0.05) is 36.4 Å². The van der Waals surface area contributed by atoms with Crippen molar-refractivity contribution in [2.24, 2.45) is 0 Å². The van der Waals surface area contributed by atoms with E-state index in [1.54, 1.807) is 36.8 Å². The molecule has 1 aliphatic heterocycles. The first-order chi connectivity index (χ1) is 16.6. The molecule has 5 aromatic rings. The molecule has 6 heteroatoms. The summed E-state index contributed by atoms with van der Waals surface area (Å²) >= 11 is 0. The highest BCUT2D eigenvalue weighted by molar-refractivity contribution is 6.21. The van der Waals surface area contributed by atoms with Gasteiger partial charge in [-0.3, -0.25) is 24.0 Å². The van der Waals surface area contributed by atoms with Gasteiger partial charge in [0.2, 0.25) is 0 Å². The third kappa shape index (κ3) is 3.11. The Morgan fingerprint density at radius 1 is 0.794 bits per heavy atom. The maximum atomic E-state index is 12.9. The third-order valence-corrected chi connectivity index (χ3v) is 6.39. The van der Waals surface area contributed by atoms with E-state index in [-0.39, 0.29) is 11.8 Å². The zero-order chi connectivity index (χ0) is 23.2. The van der Waals surface area contributed by atoms with Crippen LogP contribution in [-0.2, 0) is 0 Å². The summed E-state index contributed by atoms with van der Waals surface area (Å²) in [6, 6.07) is 24.6. The predicted molar refractivity (Wildman–Crippen MR) is 130 cm³/mol. The number of carbonyl (C=O) groups excluding carboxylic acids is 2. The predicted octanol–water partition coefficient (Wildman–Crippen LogP) is 5.44. The summed E-state index contributed by atoms with van der Waals surface area (Å²) in [7, 11) is 0. The van der Waals surface area contributed by atoms with Crippen LogP contribution < -0.4 is 0 Å². The van der Waals surface area contributed by atoms with Crippen LogP contribution in [0.15, 0.2) is 97.6 Å². The fourth-order valence-electron chi connectivity index (χ4n) is 4.57. The van der Waals surface area contributed by atoms with Crippen LogP contribution in [0.2, 0.25) is 0 Å². The highest BCUT2D eigenvalue weighted by atomic mass is 16.2. The van der Waals surface area contributed by atoms with Crippen LogP contribution in [0.3, 0.4) is 0 Å². The van der Waals surface area contributed by atoms with Crippen LogP contribution in [-0.4, -0.2) is 31.2 Å². The van der Waals surface area contributed by atoms with Crippen molar-refractivity contribution < 1.29 is 9.59 Å². The molecule has 164 valence electrons. The maximum absolute atomic E-state index is 12.9. The summed E-state index contributed by atoms with van der Waals surface area (Å²) in [6.07, 6.45) is 5.40. The monoisotopic (exact) mass is 444 g/mol. The first-order valence-electron chi connectivity index (χ1n) is 11.1. The number of amides is 2. The minimum atomic E-state index is -0.407. The normalized spacial score (nSPS) is 14.0. The van der Waals surface area contributed by atoms with Gasteiger partial charge in [-0.05, 0) is 60.5 Å². The molecule has 0 saturated carbocycles. The molecule has 0 radical (unpaired) electrons. The molecule has 6 rings (SSSR count). The lowest BCUT2D eigenvalue weighted by Gasteiger charge is -2.23. The number of carbonyl (C=O) groups is 2. The van der Waals surface area contributed by atoms with Crippen LogP contribution >= 0.6 is 0 Å². The van der Waals surface area contributed by atoms with Crippen molar-refractivity contribution in [2.75, 3.05) is 0 Å². The van der Waals surface area contributed by atoms with Crippen molar-refractivity contribution >= 4 is 22.8 Å². The molecule has 0 bridgehead atoms. The molecule has 0 aliphatic carbocycles. The molecule has 2 aromatic heterocycles. The van der Waals surface area contributed by atoms with Gasteiger partial charge >= 0.3 is 0 Å². The number of pyridine rings is 1. The lowest BCUT2D eigenvalue weighted by Crippen LogP contribution is -2.32. The summed E-state index contributed by atoms with van der Waals surface area (Å²) in [5.74, 6) is -0.517. The van der Waals surface area contributed by atoms with E-state index in [4.69, 9.17) is 0 Å². The number of imide groups is 1. The maximum Gasteiger partial charge on any atom is 0.262 e. The SMILES string of the molecule is CC(c1ccc2c(c1)ncn2-c1cccc(-c2cccnc2)c1)N1C(=O)c2ccccc2C1=O. The molecule has 6 nitrogen and oxygen atoms in total. The van der Waals surface area contributed by atoms with Crippen molar-refractivity contribution in [1.29, 1.82) is 0 Å². The molecular formula is C28H20N4O2. The Kier molecular flexibility index (Phi) is 4.59. The van der Waals surface area contributed by atoms with Crippen molar-refractivity contribution in [3.05, 3.63) is 114 Å². The van der Waals surface area contributed by atoms with Gasteiger partial charge in [0.1, 0.15) is 6.33 Å². The smallest absolute Gasteiger partial charge is 0.262 e. The molecule has 3 heterocycles. The third-order valence-electron chi connectivity index (χ3n) is 6.39. The van der Waals surface area contributed by atoms with Gasteiger partial charge in [0, 0.05) is 23.6 Å². The summed E-state index contributed by atoms with van der Waals surface area (Å²) in [6.45, 7) is 1.87. The van der Waals surface area contributed by atoms with E-state index in [0.717, 1.165) is 33.4 Å². The first kappa shape index (κ1) is 20.1. The van der Waals surface area contributed by atoms with Crippen molar-refractivity contribution in [1.82, 2.24) is 19.4 Å². The number of imidazole rings is 1. The zero-order valence-corrected chi connectivity index (χ0v) is 18.4. The Bertz CT molecular complexity index is 1540. The number of hydrogen-bond acceptors (Lipinski definition) is 4. The van der Waals surface area contributed by atoms with E-state index in [0.29, 0.717) is 11.1 Å². The van der Waals surface area contributed by atoms with Gasteiger partial charge in [0.05, 0.1) is 28.2 Å². The fraction of sp³-hybridized carbons (Fsp3) is 0.0714. The highest BCUT2D eigenvalue weighted by Crippen LogP contribution is 2.32. The van der Waals surface area contributed by atoms with Gasteiger partial charge in [-0.25, -0.2) is 4.98 Å². The molecule has 0 saturated heterocycles. The van der Waals surface area contributed by atoms with Crippen LogP contribution in [0.4, 0.5) is 0 Å². The summed E-state index contributed by atoms with van der Waals surface area (Å²) < 4.78 is 2.03.